The van der Waals surface area contributed by atoms with Gasteiger partial charge in [0.2, 0.25) is 0 Å². The fraction of sp³-hybridized carbons (Fsp3) is 1.00. The quantitative estimate of drug-likeness (QED) is 0.609. The van der Waals surface area contributed by atoms with Gasteiger partial charge in [-0.05, 0) is 32.5 Å². The molecule has 2 fully saturated rings. The molecule has 2 aliphatic heterocycles. The molecule has 2 saturated heterocycles. The van der Waals surface area contributed by atoms with Gasteiger partial charge >= 0.3 is 0 Å². The topological polar surface area (TPSA) is 32.5 Å². The minimum absolute atomic E-state index is 0.774. The van der Waals surface area contributed by atoms with E-state index in [2.05, 4.69) is 16.8 Å². The first kappa shape index (κ1) is 8.48. The zero-order chi connectivity index (χ0) is 8.55. The van der Waals surface area contributed by atoms with E-state index in [0.717, 1.165) is 18.5 Å². The Morgan fingerprint density at radius 1 is 1.33 bits per heavy atom. The predicted octanol–water partition coefficient (Wildman–Crippen LogP) is -0.419. The van der Waals surface area contributed by atoms with E-state index in [0.29, 0.717) is 0 Å². The lowest BCUT2D eigenvalue weighted by molar-refractivity contribution is 0.0669. The van der Waals surface area contributed by atoms with Gasteiger partial charge in [-0.2, -0.15) is 0 Å². The number of likely N-dealkylation sites (N-methyl/N-ethyl adjacent to an activating group) is 1. The first-order chi connectivity index (χ1) is 5.79. The highest BCUT2D eigenvalue weighted by Gasteiger charge is 2.33. The highest BCUT2D eigenvalue weighted by molar-refractivity contribution is 4.90. The van der Waals surface area contributed by atoms with Crippen LogP contribution in [0, 0.1) is 5.92 Å². The molecule has 2 heterocycles. The summed E-state index contributed by atoms with van der Waals surface area (Å²) >= 11 is 0. The van der Waals surface area contributed by atoms with Crippen LogP contribution in [0.3, 0.4) is 0 Å². The van der Waals surface area contributed by atoms with Crippen molar-refractivity contribution in [3.8, 4) is 0 Å². The predicted molar refractivity (Wildman–Crippen MR) is 50.0 cm³/mol. The third kappa shape index (κ3) is 1.49. The molecule has 0 aliphatic carbocycles. The van der Waals surface area contributed by atoms with E-state index in [1.807, 2.05) is 0 Å². The van der Waals surface area contributed by atoms with Crippen LogP contribution in [0.4, 0.5) is 0 Å². The molecular formula is C9H19N3. The van der Waals surface area contributed by atoms with Crippen LogP contribution in [0.25, 0.3) is 0 Å². The molecule has 1 unspecified atom stereocenters. The largest absolute Gasteiger partial charge is 0.330 e. The number of rotatable bonds is 2. The second-order valence-corrected chi connectivity index (χ2v) is 4.26. The van der Waals surface area contributed by atoms with Crippen molar-refractivity contribution in [1.82, 2.24) is 9.80 Å². The Bertz CT molecular complexity index is 154. The van der Waals surface area contributed by atoms with Crippen LogP contribution in [0.2, 0.25) is 0 Å². The number of nitrogens with zero attached hydrogens (tertiary/aromatic N) is 2. The van der Waals surface area contributed by atoms with Crippen molar-refractivity contribution >= 4 is 0 Å². The fourth-order valence-electron chi connectivity index (χ4n) is 2.28. The van der Waals surface area contributed by atoms with Gasteiger partial charge < -0.3 is 10.6 Å². The van der Waals surface area contributed by atoms with Crippen LogP contribution in [0.1, 0.15) is 6.42 Å². The van der Waals surface area contributed by atoms with Crippen molar-refractivity contribution in [2.45, 2.75) is 12.5 Å². The molecule has 2 aliphatic rings. The van der Waals surface area contributed by atoms with Crippen molar-refractivity contribution in [3.05, 3.63) is 0 Å². The van der Waals surface area contributed by atoms with Crippen LogP contribution in [-0.4, -0.2) is 55.6 Å². The minimum Gasteiger partial charge on any atom is -0.330 e. The maximum atomic E-state index is 5.65. The van der Waals surface area contributed by atoms with E-state index in [1.165, 1.54) is 32.6 Å². The van der Waals surface area contributed by atoms with Gasteiger partial charge in [-0.15, -0.1) is 0 Å². The van der Waals surface area contributed by atoms with Gasteiger partial charge in [0.05, 0.1) is 0 Å². The SMILES string of the molecule is CN1CC(N2CCC(CN)C2)C1. The first-order valence-corrected chi connectivity index (χ1v) is 4.92. The zero-order valence-corrected chi connectivity index (χ0v) is 7.87. The smallest absolute Gasteiger partial charge is 0.0350 e. The van der Waals surface area contributed by atoms with Gasteiger partial charge in [0.15, 0.2) is 0 Å². The van der Waals surface area contributed by atoms with Crippen LogP contribution in [0.5, 0.6) is 0 Å². The average molecular weight is 169 g/mol. The maximum absolute atomic E-state index is 5.65. The molecule has 70 valence electrons. The van der Waals surface area contributed by atoms with Crippen LogP contribution < -0.4 is 5.73 Å². The summed E-state index contributed by atoms with van der Waals surface area (Å²) in [6.45, 7) is 5.92. The molecule has 1 atom stereocenters. The molecule has 0 spiro atoms. The maximum Gasteiger partial charge on any atom is 0.0350 e. The van der Waals surface area contributed by atoms with Crippen molar-refractivity contribution in [2.75, 3.05) is 39.8 Å². The van der Waals surface area contributed by atoms with Crippen LogP contribution in [0.15, 0.2) is 0 Å². The number of hydrogen-bond acceptors (Lipinski definition) is 3. The molecule has 0 bridgehead atoms. The van der Waals surface area contributed by atoms with Crippen LogP contribution >= 0.6 is 0 Å². The van der Waals surface area contributed by atoms with E-state index in [1.54, 1.807) is 0 Å². The third-order valence-corrected chi connectivity index (χ3v) is 3.21. The second kappa shape index (κ2) is 3.32. The van der Waals surface area contributed by atoms with Gasteiger partial charge in [-0.1, -0.05) is 0 Å². The summed E-state index contributed by atoms with van der Waals surface area (Å²) in [5.41, 5.74) is 5.65. The van der Waals surface area contributed by atoms with Gasteiger partial charge in [-0.3, -0.25) is 4.90 Å². The van der Waals surface area contributed by atoms with Crippen molar-refractivity contribution in [3.63, 3.8) is 0 Å². The summed E-state index contributed by atoms with van der Waals surface area (Å²) in [6.07, 6.45) is 1.32. The highest BCUT2D eigenvalue weighted by Crippen LogP contribution is 2.21. The summed E-state index contributed by atoms with van der Waals surface area (Å²) in [5, 5.41) is 0. The van der Waals surface area contributed by atoms with E-state index in [9.17, 15) is 0 Å². The Morgan fingerprint density at radius 2 is 2.08 bits per heavy atom. The summed E-state index contributed by atoms with van der Waals surface area (Å²) < 4.78 is 0. The standard InChI is InChI=1S/C9H19N3/c1-11-6-9(7-11)12-3-2-8(4-10)5-12/h8-9H,2-7,10H2,1H3. The molecule has 0 amide bonds. The minimum atomic E-state index is 0.774. The Balaban J connectivity index is 1.76. The molecule has 0 aromatic carbocycles. The second-order valence-electron chi connectivity index (χ2n) is 4.26. The van der Waals surface area contributed by atoms with Crippen LogP contribution in [-0.2, 0) is 0 Å². The van der Waals surface area contributed by atoms with Gasteiger partial charge in [0.25, 0.3) is 0 Å². The molecule has 0 aromatic rings. The lowest BCUT2D eigenvalue weighted by Crippen LogP contribution is -2.57. The number of hydrogen-bond donors (Lipinski definition) is 1. The zero-order valence-electron chi connectivity index (χ0n) is 7.87. The Kier molecular flexibility index (Phi) is 2.35. The summed E-state index contributed by atoms with van der Waals surface area (Å²) in [6, 6.07) is 0.839. The van der Waals surface area contributed by atoms with Gasteiger partial charge in [-0.25, -0.2) is 0 Å². The molecular weight excluding hydrogens is 150 g/mol. The molecule has 0 radical (unpaired) electrons. The molecule has 3 heteroatoms. The summed E-state index contributed by atoms with van der Waals surface area (Å²) in [4.78, 5) is 4.98. The first-order valence-electron chi connectivity index (χ1n) is 4.92. The summed E-state index contributed by atoms with van der Waals surface area (Å²) in [5.74, 6) is 0.774. The molecule has 12 heavy (non-hydrogen) atoms. The molecule has 3 nitrogen and oxygen atoms in total. The lowest BCUT2D eigenvalue weighted by Gasteiger charge is -2.42. The third-order valence-electron chi connectivity index (χ3n) is 3.21. The number of likely N-dealkylation sites (tertiary alicyclic amines) is 2. The average Bonchev–Trinajstić information content (AvgIpc) is 2.46. The molecule has 2 N–H and O–H groups in total. The normalized spacial score (nSPS) is 34.0. The van der Waals surface area contributed by atoms with E-state index >= 15 is 0 Å². The van der Waals surface area contributed by atoms with Crippen molar-refractivity contribution < 1.29 is 0 Å². The van der Waals surface area contributed by atoms with Gasteiger partial charge in [0.1, 0.15) is 0 Å². The fourth-order valence-corrected chi connectivity index (χ4v) is 2.28. The van der Waals surface area contributed by atoms with E-state index < -0.39 is 0 Å². The highest BCUT2D eigenvalue weighted by atomic mass is 15.3. The van der Waals surface area contributed by atoms with E-state index in [-0.39, 0.29) is 0 Å². The Hall–Kier alpha value is -0.120. The molecule has 2 rings (SSSR count). The Morgan fingerprint density at radius 3 is 2.58 bits per heavy atom. The van der Waals surface area contributed by atoms with Gasteiger partial charge in [0, 0.05) is 25.7 Å². The lowest BCUT2D eigenvalue weighted by atomic mass is 10.1. The van der Waals surface area contributed by atoms with Crippen molar-refractivity contribution in [2.24, 2.45) is 11.7 Å². The van der Waals surface area contributed by atoms with E-state index in [4.69, 9.17) is 5.73 Å². The number of nitrogens with two attached hydrogens (primary N) is 1. The van der Waals surface area contributed by atoms with Crippen molar-refractivity contribution in [1.29, 1.82) is 0 Å². The molecule has 0 aromatic heterocycles. The monoisotopic (exact) mass is 169 g/mol. The Labute approximate surface area is 74.5 Å². The molecule has 0 saturated carbocycles. The summed E-state index contributed by atoms with van der Waals surface area (Å²) in [7, 11) is 2.19.